The van der Waals surface area contributed by atoms with Crippen LogP contribution in [0.1, 0.15) is 101 Å². The van der Waals surface area contributed by atoms with Gasteiger partial charge in [-0.15, -0.1) is 0 Å². The van der Waals surface area contributed by atoms with E-state index in [2.05, 4.69) is 67.8 Å². The lowest BCUT2D eigenvalue weighted by Crippen LogP contribution is -2.54. The molecular formula is C54H59N11O7. The van der Waals surface area contributed by atoms with Crippen molar-refractivity contribution in [2.24, 2.45) is 17.9 Å². The number of hydrogen-bond donors (Lipinski definition) is 3. The van der Waals surface area contributed by atoms with Crippen LogP contribution in [0.5, 0.6) is 0 Å². The molecular weight excluding hydrogens is 915 g/mol. The van der Waals surface area contributed by atoms with Crippen molar-refractivity contribution in [2.45, 2.75) is 97.0 Å². The fourth-order valence-corrected chi connectivity index (χ4v) is 12.8. The largest absolute Gasteiger partial charge is 0.392 e. The first-order valence-electron chi connectivity index (χ1n) is 25.3. The number of anilines is 5. The molecule has 2 aliphatic carbocycles. The fraction of sp³-hybridized carbons (Fsp3) is 0.444. The zero-order valence-corrected chi connectivity index (χ0v) is 41.1. The van der Waals surface area contributed by atoms with Gasteiger partial charge in [-0.25, -0.2) is 9.97 Å². The minimum atomic E-state index is -0.984. The number of benzene rings is 2. The Morgan fingerprint density at radius 2 is 1.60 bits per heavy atom. The van der Waals surface area contributed by atoms with Crippen LogP contribution in [-0.4, -0.2) is 121 Å². The summed E-state index contributed by atoms with van der Waals surface area (Å²) < 4.78 is 3.63. The topological polar surface area (TPSA) is 199 Å². The molecule has 5 aromatic rings. The lowest BCUT2D eigenvalue weighted by molar-refractivity contribution is -0.136. The molecule has 5 aliphatic heterocycles. The number of fused-ring (bicyclic) bond motifs is 4. The number of carbonyl (C=O) groups excluding carboxylic acids is 5. The van der Waals surface area contributed by atoms with E-state index >= 15 is 0 Å². The summed E-state index contributed by atoms with van der Waals surface area (Å²) in [6, 6.07) is 17.1. The van der Waals surface area contributed by atoms with Crippen LogP contribution in [0.4, 0.5) is 28.7 Å². The maximum absolute atomic E-state index is 14.0. The second kappa shape index (κ2) is 17.0. The number of aliphatic hydroxyl groups excluding tert-OH is 1. The van der Waals surface area contributed by atoms with Gasteiger partial charge in [0.2, 0.25) is 11.8 Å². The Morgan fingerprint density at radius 3 is 2.35 bits per heavy atom. The number of hydrogen-bond acceptors (Lipinski definition) is 13. The van der Waals surface area contributed by atoms with Crippen molar-refractivity contribution < 1.29 is 29.1 Å². The molecule has 3 N–H and O–H groups in total. The number of piperidine rings is 2. The molecule has 0 radical (unpaired) electrons. The Labute approximate surface area is 416 Å². The molecule has 3 atom stereocenters. The average Bonchev–Trinajstić information content (AvgIpc) is 3.70. The van der Waals surface area contributed by atoms with Crippen LogP contribution >= 0.6 is 0 Å². The van der Waals surface area contributed by atoms with Gasteiger partial charge in [-0.1, -0.05) is 13.8 Å². The SMILES string of the molecule is C[C@H]1CN([C@H]2CC23CCN(c2ccc4c(c2)C(=O)N(C2CCC(=O)NC2=O)C4=O)CC3)CCN1c1ccc(Nc2nc(-c3ccnc(N4CCn5c(cc6c5CC(C)(C)C6)C4=O)c3CO)cn(C)c2=O)cc1. The van der Waals surface area contributed by atoms with Gasteiger partial charge in [-0.3, -0.25) is 48.8 Å². The molecule has 12 rings (SSSR count). The van der Waals surface area contributed by atoms with Gasteiger partial charge in [0, 0.05) is 118 Å². The number of imide groups is 2. The number of amides is 5. The van der Waals surface area contributed by atoms with Crippen molar-refractivity contribution in [3.05, 3.63) is 111 Å². The van der Waals surface area contributed by atoms with Crippen LogP contribution in [-0.2, 0) is 42.6 Å². The lowest BCUT2D eigenvalue weighted by atomic mass is 9.90. The maximum Gasteiger partial charge on any atom is 0.293 e. The van der Waals surface area contributed by atoms with Crippen molar-refractivity contribution in [2.75, 3.05) is 59.3 Å². The standard InChI is InChI=1S/C54H59N11O7/c1-31-28-61(44-27-54(44)14-17-60(18-15-54)35-9-10-37-38(24-35)50(70)65(49(37)69)41-11-12-45(67)58-48(41)68)19-20-62(31)34-7-5-33(6-8-34)56-46-52(72)59(4)29-40(57-46)36-13-16-55-47(39(36)30-66)64-22-21-63-42(51(64)71)23-32-25-53(2,3)26-43(32)63/h5-10,13,16,23-24,29,31,41,44,66H,11-12,14-15,17-22,25-28,30H2,1-4H3,(H,56,57)(H,58,67,68)/t31-,41?,44-/m0/s1. The lowest BCUT2D eigenvalue weighted by Gasteiger charge is -2.43. The average molecular weight is 974 g/mol. The normalized spacial score (nSPS) is 23.4. The number of aryl methyl sites for hydroxylation is 1. The molecule has 18 heteroatoms. The van der Waals surface area contributed by atoms with E-state index in [0.717, 1.165) is 81.1 Å². The van der Waals surface area contributed by atoms with Gasteiger partial charge in [0.15, 0.2) is 5.82 Å². The Balaban J connectivity index is 0.672. The molecule has 7 aliphatic rings. The molecule has 72 heavy (non-hydrogen) atoms. The molecule has 3 saturated heterocycles. The van der Waals surface area contributed by atoms with Gasteiger partial charge in [-0.2, -0.15) is 0 Å². The van der Waals surface area contributed by atoms with Gasteiger partial charge in [0.05, 0.1) is 23.4 Å². The van der Waals surface area contributed by atoms with E-state index in [4.69, 9.17) is 4.98 Å². The minimum absolute atomic E-state index is 0.0847. The second-order valence-corrected chi connectivity index (χ2v) is 21.8. The van der Waals surface area contributed by atoms with E-state index in [0.29, 0.717) is 64.3 Å². The molecule has 1 spiro atoms. The van der Waals surface area contributed by atoms with Crippen LogP contribution in [0, 0.1) is 10.8 Å². The summed E-state index contributed by atoms with van der Waals surface area (Å²) in [6.45, 7) is 11.9. The predicted molar refractivity (Wildman–Crippen MR) is 269 cm³/mol. The molecule has 1 unspecified atom stereocenters. The number of piperazine rings is 1. The van der Waals surface area contributed by atoms with Gasteiger partial charge < -0.3 is 29.4 Å². The number of rotatable bonds is 9. The number of nitrogens with zero attached hydrogens (tertiary/aromatic N) is 9. The third kappa shape index (κ3) is 7.59. The minimum Gasteiger partial charge on any atom is -0.392 e. The Hall–Kier alpha value is -7.18. The summed E-state index contributed by atoms with van der Waals surface area (Å²) >= 11 is 0. The first kappa shape index (κ1) is 45.9. The van der Waals surface area contributed by atoms with Crippen LogP contribution in [0.2, 0.25) is 0 Å². The molecule has 5 amide bonds. The first-order chi connectivity index (χ1) is 34.6. The third-order valence-electron chi connectivity index (χ3n) is 16.7. The monoisotopic (exact) mass is 973 g/mol. The molecule has 372 valence electrons. The second-order valence-electron chi connectivity index (χ2n) is 21.8. The van der Waals surface area contributed by atoms with E-state index in [1.807, 2.05) is 24.3 Å². The van der Waals surface area contributed by atoms with Gasteiger partial charge >= 0.3 is 0 Å². The summed E-state index contributed by atoms with van der Waals surface area (Å²) in [5.74, 6) is -1.60. The summed E-state index contributed by atoms with van der Waals surface area (Å²) in [4.78, 5) is 98.0. The van der Waals surface area contributed by atoms with Crippen molar-refractivity contribution >= 4 is 58.2 Å². The van der Waals surface area contributed by atoms with Crippen molar-refractivity contribution in [1.82, 2.24) is 34.2 Å². The molecule has 4 fully saturated rings. The van der Waals surface area contributed by atoms with Crippen LogP contribution < -0.4 is 30.9 Å². The van der Waals surface area contributed by atoms with Crippen molar-refractivity contribution in [3.63, 3.8) is 0 Å². The van der Waals surface area contributed by atoms with Crippen LogP contribution in [0.3, 0.4) is 0 Å². The highest BCUT2D eigenvalue weighted by molar-refractivity contribution is 6.23. The summed E-state index contributed by atoms with van der Waals surface area (Å²) in [6.07, 6.45) is 8.59. The molecule has 8 heterocycles. The zero-order chi connectivity index (χ0) is 50.0. The molecule has 0 bridgehead atoms. The van der Waals surface area contributed by atoms with E-state index in [1.165, 1.54) is 15.8 Å². The van der Waals surface area contributed by atoms with E-state index in [9.17, 15) is 33.9 Å². The molecule has 3 aromatic heterocycles. The quantitative estimate of drug-likeness (QED) is 0.173. The number of pyridine rings is 1. The predicted octanol–water partition coefficient (Wildman–Crippen LogP) is 4.64. The number of aliphatic hydroxyl groups is 1. The van der Waals surface area contributed by atoms with E-state index in [-0.39, 0.29) is 53.6 Å². The number of carbonyl (C=O) groups is 5. The van der Waals surface area contributed by atoms with Crippen molar-refractivity contribution in [1.29, 1.82) is 0 Å². The number of nitrogens with one attached hydrogen (secondary N) is 2. The first-order valence-corrected chi connectivity index (χ1v) is 25.3. The number of aromatic nitrogens is 4. The Kier molecular flexibility index (Phi) is 10.8. The van der Waals surface area contributed by atoms with Crippen molar-refractivity contribution in [3.8, 4) is 11.3 Å². The summed E-state index contributed by atoms with van der Waals surface area (Å²) in [5, 5.41) is 16.3. The van der Waals surface area contributed by atoms with Crippen LogP contribution in [0.15, 0.2) is 71.8 Å². The third-order valence-corrected chi connectivity index (χ3v) is 16.7. The highest BCUT2D eigenvalue weighted by atomic mass is 16.3. The van der Waals surface area contributed by atoms with E-state index in [1.54, 1.807) is 42.5 Å². The summed E-state index contributed by atoms with van der Waals surface area (Å²) in [7, 11) is 1.67. The summed E-state index contributed by atoms with van der Waals surface area (Å²) in [5.41, 5.74) is 8.06. The highest BCUT2D eigenvalue weighted by Gasteiger charge is 2.58. The van der Waals surface area contributed by atoms with Gasteiger partial charge in [-0.05, 0) is 116 Å². The van der Waals surface area contributed by atoms with Crippen LogP contribution in [0.25, 0.3) is 11.3 Å². The Morgan fingerprint density at radius 1 is 0.833 bits per heavy atom. The molecule has 18 nitrogen and oxygen atoms in total. The maximum atomic E-state index is 14.0. The van der Waals surface area contributed by atoms with Gasteiger partial charge in [0.1, 0.15) is 17.6 Å². The smallest absolute Gasteiger partial charge is 0.293 e. The Bertz CT molecular complexity index is 3190. The molecule has 1 saturated carbocycles. The fourth-order valence-electron chi connectivity index (χ4n) is 12.8. The van der Waals surface area contributed by atoms with E-state index < -0.39 is 29.7 Å². The zero-order valence-electron chi connectivity index (χ0n) is 41.1. The molecule has 2 aromatic carbocycles. The highest BCUT2D eigenvalue weighted by Crippen LogP contribution is 2.57. The van der Waals surface area contributed by atoms with Gasteiger partial charge in [0.25, 0.3) is 23.3 Å².